The number of hydrogen-bond donors (Lipinski definition) is 7. The summed E-state index contributed by atoms with van der Waals surface area (Å²) in [7, 11) is 0. The van der Waals surface area contributed by atoms with E-state index in [-0.39, 0.29) is 56.4 Å². The number of aliphatic carboxylic acids is 1. The molecule has 1 aliphatic heterocycles. The summed E-state index contributed by atoms with van der Waals surface area (Å²) in [4.78, 5) is 48.7. The first-order valence-corrected chi connectivity index (χ1v) is 18.0. The van der Waals surface area contributed by atoms with Gasteiger partial charge >= 0.3 is 11.9 Å². The maximum Gasteiger partial charge on any atom is 0.335 e. The number of carbonyl (C=O) groups excluding carboxylic acids is 3. The summed E-state index contributed by atoms with van der Waals surface area (Å²) in [6, 6.07) is 4.06. The first-order chi connectivity index (χ1) is 27.1. The normalized spacial score (nSPS) is 19.7. The third kappa shape index (κ3) is 13.5. The molecule has 0 unspecified atom stereocenters. The molecule has 2 amide bonds. The number of carbonyl (C=O) groups is 4. The Labute approximate surface area is 329 Å². The van der Waals surface area contributed by atoms with Crippen LogP contribution in [-0.2, 0) is 40.0 Å². The molecule has 0 aliphatic carbocycles. The van der Waals surface area contributed by atoms with E-state index in [0.29, 0.717) is 18.4 Å². The molecule has 5 atom stereocenters. The molecule has 1 aliphatic rings. The van der Waals surface area contributed by atoms with Crippen LogP contribution in [0.1, 0.15) is 71.8 Å². The fraction of sp³-hybridized carbons (Fsp3) is 0.568. The number of aliphatic hydroxyl groups excluding tert-OH is 4. The van der Waals surface area contributed by atoms with Crippen molar-refractivity contribution in [2.45, 2.75) is 115 Å². The number of anilines is 1. The molecule has 0 spiro atoms. The Balaban J connectivity index is 1.36. The number of aliphatic hydroxyl groups is 4. The Morgan fingerprint density at radius 2 is 1.38 bits per heavy atom. The van der Waals surface area contributed by atoms with Crippen molar-refractivity contribution in [3.8, 4) is 11.5 Å². The van der Waals surface area contributed by atoms with Crippen LogP contribution in [0.4, 0.5) is 27.6 Å². The minimum Gasteiger partial charge on any atom is -0.479 e. The number of rotatable bonds is 21. The Kier molecular flexibility index (Phi) is 17.3. The second-order valence-corrected chi connectivity index (χ2v) is 14.4. The molecule has 0 bridgehead atoms. The first-order valence-electron chi connectivity index (χ1n) is 18.0. The lowest BCUT2D eigenvalue weighted by Gasteiger charge is -2.38. The van der Waals surface area contributed by atoms with E-state index in [1.165, 1.54) is 18.2 Å². The number of ether oxygens (including phenoxy) is 5. The predicted octanol–water partition coefficient (Wildman–Crippen LogP) is 2.74. The van der Waals surface area contributed by atoms with Gasteiger partial charge in [-0.15, -0.1) is 0 Å². The minimum atomic E-state index is -2.38. The van der Waals surface area contributed by atoms with E-state index >= 15 is 0 Å². The monoisotopic (exact) mass is 838 g/mol. The summed E-state index contributed by atoms with van der Waals surface area (Å²) in [5.74, 6) is -17.0. The molecule has 0 saturated carbocycles. The number of esters is 1. The van der Waals surface area contributed by atoms with Crippen molar-refractivity contribution in [3.63, 3.8) is 0 Å². The van der Waals surface area contributed by atoms with Gasteiger partial charge < -0.3 is 59.9 Å². The van der Waals surface area contributed by atoms with Crippen molar-refractivity contribution in [2.24, 2.45) is 0 Å². The highest BCUT2D eigenvalue weighted by Crippen LogP contribution is 2.32. The quantitative estimate of drug-likeness (QED) is 0.0239. The third-order valence-corrected chi connectivity index (χ3v) is 8.79. The van der Waals surface area contributed by atoms with E-state index in [2.05, 4.69) is 15.4 Å². The number of nitrogens with one attached hydrogen (secondary N) is 2. The van der Waals surface area contributed by atoms with Gasteiger partial charge in [-0.1, -0.05) is 6.07 Å². The van der Waals surface area contributed by atoms with E-state index in [4.69, 9.17) is 18.9 Å². The molecule has 1 fully saturated rings. The molecule has 0 radical (unpaired) electrons. The lowest BCUT2D eigenvalue weighted by Crippen LogP contribution is -2.61. The van der Waals surface area contributed by atoms with Gasteiger partial charge in [-0.3, -0.25) is 14.4 Å². The lowest BCUT2D eigenvalue weighted by atomic mass is 9.99. The molecule has 1 heterocycles. The fourth-order valence-corrected chi connectivity index (χ4v) is 5.31. The van der Waals surface area contributed by atoms with Crippen molar-refractivity contribution in [2.75, 3.05) is 25.1 Å². The molecule has 2 aromatic carbocycles. The molecular weight excluding hydrogens is 791 g/mol. The summed E-state index contributed by atoms with van der Waals surface area (Å²) in [6.45, 7) is 6.63. The van der Waals surface area contributed by atoms with Crippen LogP contribution < -0.4 is 20.1 Å². The fourth-order valence-electron chi connectivity index (χ4n) is 5.31. The number of amides is 2. The van der Waals surface area contributed by atoms with E-state index in [9.17, 15) is 66.7 Å². The van der Waals surface area contributed by atoms with Gasteiger partial charge in [-0.05, 0) is 64.7 Å². The number of carboxylic acids is 1. The summed E-state index contributed by atoms with van der Waals surface area (Å²) in [5.41, 5.74) is -1.33. The molecule has 2 aromatic rings. The van der Waals surface area contributed by atoms with Crippen LogP contribution >= 0.6 is 0 Å². The molecule has 21 heteroatoms. The molecule has 3 rings (SSSR count). The maximum absolute atomic E-state index is 13.8. The van der Waals surface area contributed by atoms with Gasteiger partial charge in [0.2, 0.25) is 52.9 Å². The highest BCUT2D eigenvalue weighted by molar-refractivity contribution is 5.92. The SMILES string of the molecule is CC(C)(CCOC(C)(C)CCC(=O)Oc1c(F)c(F)c(F)c(F)c1F)OCCCC(=O)NCCC(=O)Nc1cc(CO)ccc1O[C@@H]1O[C@H](C(=O)O)[C@@H](O)[C@H](O)[C@H]1O. The van der Waals surface area contributed by atoms with Crippen LogP contribution in [-0.4, -0.2) is 111 Å². The van der Waals surface area contributed by atoms with Gasteiger partial charge in [0, 0.05) is 32.4 Å². The largest absolute Gasteiger partial charge is 0.479 e. The summed E-state index contributed by atoms with van der Waals surface area (Å²) < 4.78 is 94.5. The lowest BCUT2D eigenvalue weighted by molar-refractivity contribution is -0.271. The predicted molar refractivity (Wildman–Crippen MR) is 189 cm³/mol. The van der Waals surface area contributed by atoms with Crippen LogP contribution in [0.15, 0.2) is 18.2 Å². The number of benzene rings is 2. The van der Waals surface area contributed by atoms with Crippen molar-refractivity contribution < 1.29 is 90.3 Å². The Morgan fingerprint density at radius 3 is 2.00 bits per heavy atom. The van der Waals surface area contributed by atoms with E-state index in [1.54, 1.807) is 27.7 Å². The van der Waals surface area contributed by atoms with Gasteiger partial charge in [0.1, 0.15) is 24.1 Å². The minimum absolute atomic E-state index is 0.00338. The molecule has 7 N–H and O–H groups in total. The smallest absolute Gasteiger partial charge is 0.335 e. The van der Waals surface area contributed by atoms with Gasteiger partial charge in [0.25, 0.3) is 0 Å². The average Bonchev–Trinajstić information content (AvgIpc) is 3.16. The number of hydrogen-bond acceptors (Lipinski definition) is 13. The van der Waals surface area contributed by atoms with E-state index in [1.807, 2.05) is 0 Å². The van der Waals surface area contributed by atoms with Gasteiger partial charge in [-0.2, -0.15) is 8.78 Å². The van der Waals surface area contributed by atoms with Crippen LogP contribution in [0, 0.1) is 29.1 Å². The van der Waals surface area contributed by atoms with Crippen LogP contribution in [0.2, 0.25) is 0 Å². The number of halogens is 5. The highest BCUT2D eigenvalue weighted by Gasteiger charge is 2.48. The first kappa shape index (κ1) is 47.9. The Morgan fingerprint density at radius 1 is 0.776 bits per heavy atom. The van der Waals surface area contributed by atoms with Crippen LogP contribution in [0.3, 0.4) is 0 Å². The molecule has 324 valence electrons. The molecule has 0 aromatic heterocycles. The molecule has 58 heavy (non-hydrogen) atoms. The van der Waals surface area contributed by atoms with Gasteiger partial charge in [-0.25, -0.2) is 18.0 Å². The average molecular weight is 839 g/mol. The zero-order valence-electron chi connectivity index (χ0n) is 32.0. The standard InChI is InChI=1S/C37H47F5N2O14/c1-36(2,11-9-23(48)57-32-27(41)25(39)24(38)26(40)28(32)42)55-15-12-37(3,4)54-14-5-6-21(46)43-13-10-22(47)44-19-16-18(17-45)7-8-20(19)56-35-31(51)29(49)30(50)33(58-35)34(52)53/h7-8,16,29-31,33,35,45,49-51H,5-6,9-15,17H2,1-4H3,(H,43,46)(H,44,47)(H,52,53)/t29-,30-,31+,33-,35+/m0/s1. The van der Waals surface area contributed by atoms with E-state index in [0.717, 1.165) is 0 Å². The second-order valence-electron chi connectivity index (χ2n) is 14.4. The van der Waals surface area contributed by atoms with Crippen molar-refractivity contribution in [1.29, 1.82) is 0 Å². The third-order valence-electron chi connectivity index (χ3n) is 8.79. The summed E-state index contributed by atoms with van der Waals surface area (Å²) in [5, 5.41) is 54.3. The van der Waals surface area contributed by atoms with E-state index < -0.39 is 108 Å². The summed E-state index contributed by atoms with van der Waals surface area (Å²) >= 11 is 0. The summed E-state index contributed by atoms with van der Waals surface area (Å²) in [6.07, 6.45) is -9.37. The van der Waals surface area contributed by atoms with Gasteiger partial charge in [0.05, 0.1) is 30.1 Å². The van der Waals surface area contributed by atoms with Crippen LogP contribution in [0.25, 0.3) is 0 Å². The zero-order chi connectivity index (χ0) is 43.5. The second kappa shape index (κ2) is 21.0. The molecule has 16 nitrogen and oxygen atoms in total. The number of carboxylic acid groups (broad SMARTS) is 1. The van der Waals surface area contributed by atoms with Crippen molar-refractivity contribution in [3.05, 3.63) is 52.8 Å². The molecular formula is C37H47F5N2O14. The van der Waals surface area contributed by atoms with Crippen LogP contribution in [0.5, 0.6) is 11.5 Å². The Hall–Kier alpha value is -4.51. The Bertz CT molecular complexity index is 1750. The van der Waals surface area contributed by atoms with Crippen molar-refractivity contribution in [1.82, 2.24) is 5.32 Å². The highest BCUT2D eigenvalue weighted by atomic mass is 19.2. The van der Waals surface area contributed by atoms with Gasteiger partial charge in [0.15, 0.2) is 6.10 Å². The topological polar surface area (TPSA) is 240 Å². The zero-order valence-corrected chi connectivity index (χ0v) is 32.0. The van der Waals surface area contributed by atoms with Crippen molar-refractivity contribution >= 4 is 29.4 Å². The maximum atomic E-state index is 13.8. The molecule has 1 saturated heterocycles.